The van der Waals surface area contributed by atoms with Crippen LogP contribution in [0.15, 0.2) is 29.1 Å². The van der Waals surface area contributed by atoms with Crippen LogP contribution in [0.5, 0.6) is 5.88 Å². The van der Waals surface area contributed by atoms with Gasteiger partial charge in [0.05, 0.1) is 17.8 Å². The van der Waals surface area contributed by atoms with E-state index in [-0.39, 0.29) is 6.61 Å². The second-order valence-corrected chi connectivity index (χ2v) is 4.07. The van der Waals surface area contributed by atoms with Gasteiger partial charge in [0.25, 0.3) is 0 Å². The SMILES string of the molecule is CCOc1cccc(COC(=O)c2cscn2)n1. The van der Waals surface area contributed by atoms with E-state index in [0.29, 0.717) is 23.9 Å². The van der Waals surface area contributed by atoms with Gasteiger partial charge >= 0.3 is 5.97 Å². The fourth-order valence-corrected chi connectivity index (χ4v) is 1.81. The van der Waals surface area contributed by atoms with Crippen LogP contribution >= 0.6 is 11.3 Å². The molecule has 6 heteroatoms. The predicted molar refractivity (Wildman–Crippen MR) is 66.6 cm³/mol. The molecule has 0 aromatic carbocycles. The molecule has 0 fully saturated rings. The molecular formula is C12H12N2O3S. The van der Waals surface area contributed by atoms with Crippen molar-refractivity contribution in [3.8, 4) is 5.88 Å². The van der Waals surface area contributed by atoms with Crippen molar-refractivity contribution < 1.29 is 14.3 Å². The predicted octanol–water partition coefficient (Wildman–Crippen LogP) is 2.29. The number of nitrogens with zero attached hydrogens (tertiary/aromatic N) is 2. The standard InChI is InChI=1S/C12H12N2O3S/c1-2-16-11-5-3-4-9(14-11)6-17-12(15)10-7-18-8-13-10/h3-5,7-8H,2,6H2,1H3. The lowest BCUT2D eigenvalue weighted by Crippen LogP contribution is -2.06. The molecule has 0 aliphatic carbocycles. The zero-order valence-electron chi connectivity index (χ0n) is 9.83. The third kappa shape index (κ3) is 3.27. The van der Waals surface area contributed by atoms with E-state index in [1.165, 1.54) is 11.3 Å². The zero-order valence-corrected chi connectivity index (χ0v) is 10.6. The molecule has 18 heavy (non-hydrogen) atoms. The molecule has 5 nitrogen and oxygen atoms in total. The summed E-state index contributed by atoms with van der Waals surface area (Å²) in [6.45, 7) is 2.54. The van der Waals surface area contributed by atoms with E-state index in [9.17, 15) is 4.79 Å². The molecule has 2 rings (SSSR count). The van der Waals surface area contributed by atoms with Crippen LogP contribution in [0.3, 0.4) is 0 Å². The molecule has 0 radical (unpaired) electrons. The minimum absolute atomic E-state index is 0.108. The van der Waals surface area contributed by atoms with Crippen LogP contribution in [0.4, 0.5) is 0 Å². The van der Waals surface area contributed by atoms with Crippen molar-refractivity contribution in [3.63, 3.8) is 0 Å². The summed E-state index contributed by atoms with van der Waals surface area (Å²) in [4.78, 5) is 19.6. The third-order valence-corrected chi connectivity index (χ3v) is 2.65. The van der Waals surface area contributed by atoms with Gasteiger partial charge in [-0.25, -0.2) is 14.8 Å². The molecule has 94 valence electrons. The van der Waals surface area contributed by atoms with Gasteiger partial charge < -0.3 is 9.47 Å². The number of rotatable bonds is 5. The first kappa shape index (κ1) is 12.5. The van der Waals surface area contributed by atoms with Crippen molar-refractivity contribution in [3.05, 3.63) is 40.5 Å². The fourth-order valence-electron chi connectivity index (χ4n) is 1.29. The van der Waals surface area contributed by atoms with Crippen LogP contribution < -0.4 is 4.74 Å². The molecule has 0 atom stereocenters. The van der Waals surface area contributed by atoms with E-state index in [0.717, 1.165) is 0 Å². The average Bonchev–Trinajstić information content (AvgIpc) is 2.91. The lowest BCUT2D eigenvalue weighted by atomic mass is 10.3. The Balaban J connectivity index is 1.93. The Labute approximate surface area is 108 Å². The minimum atomic E-state index is -0.445. The molecule has 0 saturated heterocycles. The monoisotopic (exact) mass is 264 g/mol. The summed E-state index contributed by atoms with van der Waals surface area (Å²) >= 11 is 1.35. The fraction of sp³-hybridized carbons (Fsp3) is 0.250. The molecule has 2 aromatic rings. The molecule has 0 N–H and O–H groups in total. The maximum atomic E-state index is 11.6. The number of hydrogen-bond acceptors (Lipinski definition) is 6. The van der Waals surface area contributed by atoms with Crippen LogP contribution in [0.2, 0.25) is 0 Å². The third-order valence-electron chi connectivity index (χ3n) is 2.07. The Morgan fingerprint density at radius 1 is 1.44 bits per heavy atom. The smallest absolute Gasteiger partial charge is 0.358 e. The Morgan fingerprint density at radius 2 is 2.33 bits per heavy atom. The highest BCUT2D eigenvalue weighted by molar-refractivity contribution is 7.07. The summed E-state index contributed by atoms with van der Waals surface area (Å²) in [6.07, 6.45) is 0. The van der Waals surface area contributed by atoms with Gasteiger partial charge in [-0.2, -0.15) is 0 Å². The number of hydrogen-bond donors (Lipinski definition) is 0. The number of aromatic nitrogens is 2. The van der Waals surface area contributed by atoms with Gasteiger partial charge in [-0.15, -0.1) is 11.3 Å². The first-order chi connectivity index (χ1) is 8.79. The van der Waals surface area contributed by atoms with Gasteiger partial charge in [0.1, 0.15) is 6.61 Å². The molecule has 0 bridgehead atoms. The van der Waals surface area contributed by atoms with Crippen LogP contribution in [0.1, 0.15) is 23.1 Å². The Kier molecular flexibility index (Phi) is 4.25. The van der Waals surface area contributed by atoms with Crippen molar-refractivity contribution in [2.75, 3.05) is 6.61 Å². The van der Waals surface area contributed by atoms with E-state index in [2.05, 4.69) is 9.97 Å². The number of carbonyl (C=O) groups is 1. The minimum Gasteiger partial charge on any atom is -0.478 e. The normalized spacial score (nSPS) is 10.1. The number of carbonyl (C=O) groups excluding carboxylic acids is 1. The van der Waals surface area contributed by atoms with Gasteiger partial charge in [0.15, 0.2) is 5.69 Å². The van der Waals surface area contributed by atoms with Crippen molar-refractivity contribution in [1.29, 1.82) is 0 Å². The molecule has 0 aliphatic rings. The van der Waals surface area contributed by atoms with Gasteiger partial charge in [0.2, 0.25) is 5.88 Å². The molecular weight excluding hydrogens is 252 g/mol. The Morgan fingerprint density at radius 3 is 3.06 bits per heavy atom. The summed E-state index contributed by atoms with van der Waals surface area (Å²) in [5.41, 5.74) is 2.55. The van der Waals surface area contributed by atoms with E-state index in [4.69, 9.17) is 9.47 Å². The topological polar surface area (TPSA) is 61.3 Å². The molecule has 2 heterocycles. The molecule has 0 spiro atoms. The molecule has 0 amide bonds. The van der Waals surface area contributed by atoms with Crippen LogP contribution in [-0.4, -0.2) is 22.5 Å². The van der Waals surface area contributed by atoms with Gasteiger partial charge in [-0.05, 0) is 13.0 Å². The average molecular weight is 264 g/mol. The summed E-state index contributed by atoms with van der Waals surface area (Å²) in [5.74, 6) is 0.0829. The summed E-state index contributed by atoms with van der Waals surface area (Å²) in [6, 6.07) is 5.34. The molecule has 0 unspecified atom stereocenters. The van der Waals surface area contributed by atoms with Crippen molar-refractivity contribution in [1.82, 2.24) is 9.97 Å². The first-order valence-electron chi connectivity index (χ1n) is 5.43. The number of ether oxygens (including phenoxy) is 2. The second kappa shape index (κ2) is 6.11. The van der Waals surface area contributed by atoms with Crippen LogP contribution in [0, 0.1) is 0 Å². The molecule has 0 saturated carbocycles. The number of pyridine rings is 1. The van der Waals surface area contributed by atoms with Crippen molar-refractivity contribution in [2.45, 2.75) is 13.5 Å². The van der Waals surface area contributed by atoms with E-state index in [1.54, 1.807) is 23.0 Å². The van der Waals surface area contributed by atoms with Gasteiger partial charge in [-0.1, -0.05) is 6.07 Å². The Hall–Kier alpha value is -1.95. The van der Waals surface area contributed by atoms with E-state index in [1.807, 2.05) is 13.0 Å². The van der Waals surface area contributed by atoms with Crippen LogP contribution in [-0.2, 0) is 11.3 Å². The lowest BCUT2D eigenvalue weighted by molar-refractivity contribution is 0.0461. The lowest BCUT2D eigenvalue weighted by Gasteiger charge is -2.05. The largest absolute Gasteiger partial charge is 0.478 e. The van der Waals surface area contributed by atoms with Crippen molar-refractivity contribution in [2.24, 2.45) is 0 Å². The van der Waals surface area contributed by atoms with E-state index >= 15 is 0 Å². The highest BCUT2D eigenvalue weighted by atomic mass is 32.1. The maximum absolute atomic E-state index is 11.6. The van der Waals surface area contributed by atoms with E-state index < -0.39 is 5.97 Å². The summed E-state index contributed by atoms with van der Waals surface area (Å²) in [5, 5.41) is 1.65. The number of thiazole rings is 1. The summed E-state index contributed by atoms with van der Waals surface area (Å²) in [7, 11) is 0. The number of esters is 1. The van der Waals surface area contributed by atoms with Crippen LogP contribution in [0.25, 0.3) is 0 Å². The zero-order chi connectivity index (χ0) is 12.8. The highest BCUT2D eigenvalue weighted by Gasteiger charge is 2.09. The summed E-state index contributed by atoms with van der Waals surface area (Å²) < 4.78 is 10.4. The second-order valence-electron chi connectivity index (χ2n) is 3.35. The Bertz CT molecular complexity index is 514. The van der Waals surface area contributed by atoms with Gasteiger partial charge in [-0.3, -0.25) is 0 Å². The van der Waals surface area contributed by atoms with Crippen molar-refractivity contribution >= 4 is 17.3 Å². The quantitative estimate of drug-likeness (QED) is 0.775. The first-order valence-corrected chi connectivity index (χ1v) is 6.38. The molecule has 0 aliphatic heterocycles. The maximum Gasteiger partial charge on any atom is 0.358 e. The molecule has 2 aromatic heterocycles. The van der Waals surface area contributed by atoms with Gasteiger partial charge in [0, 0.05) is 11.4 Å². The highest BCUT2D eigenvalue weighted by Crippen LogP contribution is 2.10.